The molecule has 0 aliphatic rings. The predicted molar refractivity (Wildman–Crippen MR) is 64.1 cm³/mol. The van der Waals surface area contributed by atoms with Gasteiger partial charge in [-0.05, 0) is 5.56 Å². The number of hydrogen-bond donors (Lipinski definition) is 1. The van der Waals surface area contributed by atoms with Crippen LogP contribution in [0.25, 0.3) is 0 Å². The highest BCUT2D eigenvalue weighted by Crippen LogP contribution is 2.08. The first-order valence-electron chi connectivity index (χ1n) is 5.64. The van der Waals surface area contributed by atoms with Crippen LogP contribution in [0.5, 0.6) is 0 Å². The van der Waals surface area contributed by atoms with Crippen molar-refractivity contribution >= 4 is 0 Å². The van der Waals surface area contributed by atoms with Crippen molar-refractivity contribution < 1.29 is 9.63 Å². The number of hydrogen-bond acceptors (Lipinski definition) is 4. The van der Waals surface area contributed by atoms with Gasteiger partial charge in [-0.3, -0.25) is 4.90 Å². The molecule has 0 fully saturated rings. The Kier molecular flexibility index (Phi) is 4.30. The Morgan fingerprint density at radius 2 is 1.88 bits per heavy atom. The summed E-state index contributed by atoms with van der Waals surface area (Å²) in [5.41, 5.74) is 2.26. The van der Waals surface area contributed by atoms with Crippen molar-refractivity contribution in [3.05, 3.63) is 53.9 Å². The fraction of sp³-hybridized carbons (Fsp3) is 0.308. The number of aromatic nitrogens is 1. The maximum Gasteiger partial charge on any atom is 0.128 e. The van der Waals surface area contributed by atoms with Gasteiger partial charge in [-0.15, -0.1) is 0 Å². The van der Waals surface area contributed by atoms with Gasteiger partial charge in [0.2, 0.25) is 0 Å². The highest BCUT2D eigenvalue weighted by molar-refractivity contribution is 5.14. The Morgan fingerprint density at radius 1 is 1.12 bits per heavy atom. The summed E-state index contributed by atoms with van der Waals surface area (Å²) in [6.45, 7) is 2.34. The summed E-state index contributed by atoms with van der Waals surface area (Å²) in [6, 6.07) is 10.2. The van der Waals surface area contributed by atoms with Crippen molar-refractivity contribution in [2.45, 2.75) is 13.1 Å². The molecule has 2 aromatic rings. The van der Waals surface area contributed by atoms with Crippen LogP contribution in [0.2, 0.25) is 0 Å². The summed E-state index contributed by atoms with van der Waals surface area (Å²) in [5.74, 6) is 0. The molecule has 0 aliphatic heterocycles. The van der Waals surface area contributed by atoms with Gasteiger partial charge in [0.1, 0.15) is 6.26 Å². The predicted octanol–water partition coefficient (Wildman–Crippen LogP) is 1.67. The van der Waals surface area contributed by atoms with Crippen LogP contribution >= 0.6 is 0 Å². The van der Waals surface area contributed by atoms with Gasteiger partial charge in [-0.25, -0.2) is 0 Å². The first-order valence-corrected chi connectivity index (χ1v) is 5.64. The van der Waals surface area contributed by atoms with Gasteiger partial charge in [0.15, 0.2) is 0 Å². The molecule has 2 rings (SSSR count). The first kappa shape index (κ1) is 11.8. The van der Waals surface area contributed by atoms with Crippen molar-refractivity contribution in [2.75, 3.05) is 13.2 Å². The third kappa shape index (κ3) is 3.69. The van der Waals surface area contributed by atoms with Crippen molar-refractivity contribution in [1.82, 2.24) is 10.1 Å². The number of rotatable bonds is 6. The highest BCUT2D eigenvalue weighted by Gasteiger charge is 2.07. The van der Waals surface area contributed by atoms with Gasteiger partial charge in [-0.1, -0.05) is 35.5 Å². The lowest BCUT2D eigenvalue weighted by atomic mass is 10.2. The molecule has 0 saturated heterocycles. The van der Waals surface area contributed by atoms with Gasteiger partial charge in [0.05, 0.1) is 12.8 Å². The lowest BCUT2D eigenvalue weighted by Gasteiger charge is -2.20. The summed E-state index contributed by atoms with van der Waals surface area (Å²) in [4.78, 5) is 2.15. The molecule has 1 aromatic carbocycles. The molecule has 90 valence electrons. The van der Waals surface area contributed by atoms with E-state index in [1.165, 1.54) is 5.56 Å². The summed E-state index contributed by atoms with van der Waals surface area (Å²) in [5, 5.41) is 12.7. The van der Waals surface area contributed by atoms with E-state index in [1.807, 2.05) is 18.2 Å². The highest BCUT2D eigenvalue weighted by atomic mass is 16.5. The molecular formula is C13H16N2O2. The van der Waals surface area contributed by atoms with Crippen LogP contribution in [0.15, 0.2) is 47.3 Å². The first-order chi connectivity index (χ1) is 8.38. The number of aliphatic hydroxyl groups excluding tert-OH is 1. The van der Waals surface area contributed by atoms with Crippen molar-refractivity contribution in [3.63, 3.8) is 0 Å². The van der Waals surface area contributed by atoms with E-state index in [2.05, 4.69) is 22.2 Å². The lowest BCUT2D eigenvalue weighted by Crippen LogP contribution is -2.25. The molecule has 1 N–H and O–H groups in total. The quantitative estimate of drug-likeness (QED) is 0.823. The van der Waals surface area contributed by atoms with E-state index in [1.54, 1.807) is 12.5 Å². The minimum absolute atomic E-state index is 0.151. The smallest absolute Gasteiger partial charge is 0.128 e. The van der Waals surface area contributed by atoms with E-state index in [-0.39, 0.29) is 6.61 Å². The molecule has 0 bridgehead atoms. The molecular weight excluding hydrogens is 216 g/mol. The van der Waals surface area contributed by atoms with E-state index in [4.69, 9.17) is 9.63 Å². The molecule has 1 aromatic heterocycles. The molecule has 0 unspecified atom stereocenters. The zero-order valence-corrected chi connectivity index (χ0v) is 9.62. The van der Waals surface area contributed by atoms with E-state index in [0.717, 1.165) is 18.7 Å². The lowest BCUT2D eigenvalue weighted by molar-refractivity contribution is 0.184. The molecule has 0 atom stereocenters. The van der Waals surface area contributed by atoms with Crippen LogP contribution in [-0.2, 0) is 13.1 Å². The van der Waals surface area contributed by atoms with Gasteiger partial charge >= 0.3 is 0 Å². The largest absolute Gasteiger partial charge is 0.395 e. The third-order valence-corrected chi connectivity index (χ3v) is 2.55. The summed E-state index contributed by atoms with van der Waals surface area (Å²) in [7, 11) is 0. The van der Waals surface area contributed by atoms with Crippen LogP contribution in [0.3, 0.4) is 0 Å². The topological polar surface area (TPSA) is 49.5 Å². The van der Waals surface area contributed by atoms with Crippen molar-refractivity contribution in [2.24, 2.45) is 0 Å². The van der Waals surface area contributed by atoms with Crippen LogP contribution < -0.4 is 0 Å². The molecule has 0 saturated carbocycles. The fourth-order valence-corrected chi connectivity index (χ4v) is 1.76. The molecule has 0 spiro atoms. The number of benzene rings is 1. The van der Waals surface area contributed by atoms with Gasteiger partial charge in [0.25, 0.3) is 0 Å². The molecule has 17 heavy (non-hydrogen) atoms. The van der Waals surface area contributed by atoms with Gasteiger partial charge < -0.3 is 9.63 Å². The standard InChI is InChI=1S/C13H16N2O2/c16-7-6-15(10-13-8-14-17-11-13)9-12-4-2-1-3-5-12/h1-5,8,11,16H,6-7,9-10H2. The van der Waals surface area contributed by atoms with Crippen molar-refractivity contribution in [3.8, 4) is 0 Å². The second kappa shape index (κ2) is 6.18. The van der Waals surface area contributed by atoms with E-state index in [0.29, 0.717) is 6.54 Å². The van der Waals surface area contributed by atoms with E-state index < -0.39 is 0 Å². The maximum atomic E-state index is 9.06. The van der Waals surface area contributed by atoms with Crippen LogP contribution in [0, 0.1) is 0 Å². The second-order valence-electron chi connectivity index (χ2n) is 3.95. The maximum absolute atomic E-state index is 9.06. The van der Waals surface area contributed by atoms with Crippen LogP contribution in [0.1, 0.15) is 11.1 Å². The number of aliphatic hydroxyl groups is 1. The summed E-state index contributed by atoms with van der Waals surface area (Å²) >= 11 is 0. The molecule has 0 amide bonds. The van der Waals surface area contributed by atoms with E-state index >= 15 is 0 Å². The zero-order valence-electron chi connectivity index (χ0n) is 9.62. The average Bonchev–Trinajstić information content (AvgIpc) is 2.83. The summed E-state index contributed by atoms with van der Waals surface area (Å²) in [6.07, 6.45) is 3.34. The Bertz CT molecular complexity index is 414. The second-order valence-corrected chi connectivity index (χ2v) is 3.95. The monoisotopic (exact) mass is 232 g/mol. The Morgan fingerprint density at radius 3 is 2.53 bits per heavy atom. The fourth-order valence-electron chi connectivity index (χ4n) is 1.76. The molecule has 1 heterocycles. The Labute approximate surface area is 100 Å². The SMILES string of the molecule is OCCN(Cc1ccccc1)Cc1cnoc1. The van der Waals surface area contributed by atoms with Crippen LogP contribution in [-0.4, -0.2) is 28.3 Å². The van der Waals surface area contributed by atoms with Gasteiger partial charge in [-0.2, -0.15) is 0 Å². The van der Waals surface area contributed by atoms with Gasteiger partial charge in [0, 0.05) is 25.2 Å². The molecule has 4 heteroatoms. The van der Waals surface area contributed by atoms with E-state index in [9.17, 15) is 0 Å². The number of nitrogens with zero attached hydrogens (tertiary/aromatic N) is 2. The molecule has 4 nitrogen and oxygen atoms in total. The average molecular weight is 232 g/mol. The molecule has 0 radical (unpaired) electrons. The van der Waals surface area contributed by atoms with Crippen LogP contribution in [0.4, 0.5) is 0 Å². The minimum Gasteiger partial charge on any atom is -0.395 e. The minimum atomic E-state index is 0.151. The Balaban J connectivity index is 1.97. The zero-order chi connectivity index (χ0) is 11.9. The third-order valence-electron chi connectivity index (χ3n) is 2.55. The molecule has 0 aliphatic carbocycles. The van der Waals surface area contributed by atoms with Crippen molar-refractivity contribution in [1.29, 1.82) is 0 Å². The summed E-state index contributed by atoms with van der Waals surface area (Å²) < 4.78 is 4.80. The normalized spacial score (nSPS) is 10.9. The Hall–Kier alpha value is -1.65.